The number of nitrogens with zero attached hydrogens (tertiary/aromatic N) is 5. The van der Waals surface area contributed by atoms with Crippen LogP contribution in [0.5, 0.6) is 0 Å². The smallest absolute Gasteiger partial charge is 0.0934 e. The number of benzene rings is 4. The highest BCUT2D eigenvalue weighted by Crippen LogP contribution is 2.35. The van der Waals surface area contributed by atoms with Gasteiger partial charge in [0.2, 0.25) is 0 Å². The summed E-state index contributed by atoms with van der Waals surface area (Å²) in [6, 6.07) is 51.1. The summed E-state index contributed by atoms with van der Waals surface area (Å²) in [5.74, 6) is 0. The summed E-state index contributed by atoms with van der Waals surface area (Å²) in [6.07, 6.45) is 9.31. The van der Waals surface area contributed by atoms with E-state index in [1.54, 1.807) is 0 Å². The maximum Gasteiger partial charge on any atom is 0.0934 e. The van der Waals surface area contributed by atoms with Crippen LogP contribution in [-0.2, 0) is 0 Å². The summed E-state index contributed by atoms with van der Waals surface area (Å²) in [5, 5.41) is 5.94. The van der Waals surface area contributed by atoms with Crippen LogP contribution in [0.3, 0.4) is 0 Å². The Bertz CT molecular complexity index is 2460. The average Bonchev–Trinajstić information content (AvgIpc) is 3.58. The van der Waals surface area contributed by atoms with Crippen LogP contribution in [0.4, 0.5) is 0 Å². The standard InChI is InChI=1S/C44H29N5/c1-2-6-41-40(4-1)44-39(5-3-27-49(44)48-41)35-13-7-32(8-14-35)38-28-42(36-15-9-30(10-16-36)33-19-23-45-24-20-33)47-43(29-38)37-17-11-31(12-18-37)34-21-25-46-26-22-34/h1-29H. The van der Waals surface area contributed by atoms with Crippen LogP contribution in [0.25, 0.3) is 83.4 Å². The zero-order chi connectivity index (χ0) is 32.6. The van der Waals surface area contributed by atoms with Crippen molar-refractivity contribution in [1.82, 2.24) is 24.6 Å². The molecule has 0 saturated heterocycles. The average molecular weight is 628 g/mol. The zero-order valence-corrected chi connectivity index (χ0v) is 26.5. The van der Waals surface area contributed by atoms with Crippen molar-refractivity contribution >= 4 is 16.4 Å². The molecule has 0 atom stereocenters. The lowest BCUT2D eigenvalue weighted by Gasteiger charge is -2.12. The molecule has 9 rings (SSSR count). The van der Waals surface area contributed by atoms with Crippen LogP contribution >= 0.6 is 0 Å². The molecule has 5 heteroatoms. The lowest BCUT2D eigenvalue weighted by atomic mass is 9.96. The van der Waals surface area contributed by atoms with Crippen molar-refractivity contribution < 1.29 is 0 Å². The molecule has 230 valence electrons. The van der Waals surface area contributed by atoms with E-state index in [9.17, 15) is 0 Å². The van der Waals surface area contributed by atoms with E-state index in [4.69, 9.17) is 10.1 Å². The van der Waals surface area contributed by atoms with Crippen LogP contribution in [0.15, 0.2) is 177 Å². The van der Waals surface area contributed by atoms with E-state index in [0.717, 1.165) is 83.4 Å². The first-order valence-corrected chi connectivity index (χ1v) is 16.3. The number of hydrogen-bond acceptors (Lipinski definition) is 4. The van der Waals surface area contributed by atoms with Crippen molar-refractivity contribution in [2.75, 3.05) is 0 Å². The molecule has 0 radical (unpaired) electrons. The second-order valence-electron chi connectivity index (χ2n) is 12.1. The number of aromatic nitrogens is 5. The predicted molar refractivity (Wildman–Crippen MR) is 199 cm³/mol. The van der Waals surface area contributed by atoms with Crippen molar-refractivity contribution in [1.29, 1.82) is 0 Å². The molecular formula is C44H29N5. The largest absolute Gasteiger partial charge is 0.265 e. The van der Waals surface area contributed by atoms with Gasteiger partial charge in [0.15, 0.2) is 0 Å². The van der Waals surface area contributed by atoms with E-state index in [-0.39, 0.29) is 0 Å². The predicted octanol–water partition coefficient (Wildman–Crippen LogP) is 10.7. The molecule has 5 aromatic heterocycles. The van der Waals surface area contributed by atoms with E-state index in [1.807, 2.05) is 65.8 Å². The minimum Gasteiger partial charge on any atom is -0.265 e. The molecule has 0 bridgehead atoms. The van der Waals surface area contributed by atoms with Crippen LogP contribution in [0.1, 0.15) is 0 Å². The molecule has 49 heavy (non-hydrogen) atoms. The molecule has 0 unspecified atom stereocenters. The van der Waals surface area contributed by atoms with Gasteiger partial charge in [-0.2, -0.15) is 5.10 Å². The Labute approximate surface area is 283 Å². The van der Waals surface area contributed by atoms with Crippen LogP contribution in [0, 0.1) is 0 Å². The highest BCUT2D eigenvalue weighted by atomic mass is 15.2. The van der Waals surface area contributed by atoms with E-state index in [2.05, 4.69) is 125 Å². The van der Waals surface area contributed by atoms with E-state index in [0.29, 0.717) is 0 Å². The Kier molecular flexibility index (Phi) is 7.06. The first-order chi connectivity index (χ1) is 24.3. The third-order valence-corrected chi connectivity index (χ3v) is 9.09. The SMILES string of the molecule is c1ccc2c(c1)nn1cccc(-c3ccc(-c4cc(-c5ccc(-c6ccncc6)cc5)nc(-c5ccc(-c6ccncc6)cc5)c4)cc3)c21. The molecule has 0 N–H and O–H groups in total. The fourth-order valence-electron chi connectivity index (χ4n) is 6.55. The quantitative estimate of drug-likeness (QED) is 0.184. The molecule has 0 fully saturated rings. The maximum absolute atomic E-state index is 5.20. The van der Waals surface area contributed by atoms with Gasteiger partial charge in [0.05, 0.1) is 22.4 Å². The fourth-order valence-corrected chi connectivity index (χ4v) is 6.55. The Balaban J connectivity index is 1.12. The van der Waals surface area contributed by atoms with Crippen molar-refractivity contribution in [3.8, 4) is 67.0 Å². The second kappa shape index (κ2) is 12.1. The van der Waals surface area contributed by atoms with Crippen LogP contribution in [0.2, 0.25) is 0 Å². The zero-order valence-electron chi connectivity index (χ0n) is 26.5. The van der Waals surface area contributed by atoms with Gasteiger partial charge < -0.3 is 0 Å². The van der Waals surface area contributed by atoms with Gasteiger partial charge in [0.25, 0.3) is 0 Å². The van der Waals surface area contributed by atoms with E-state index < -0.39 is 0 Å². The number of rotatable bonds is 6. The van der Waals surface area contributed by atoms with Gasteiger partial charge in [0, 0.05) is 53.1 Å². The first kappa shape index (κ1) is 28.5. The lowest BCUT2D eigenvalue weighted by molar-refractivity contribution is 0.983. The molecule has 0 saturated carbocycles. The first-order valence-electron chi connectivity index (χ1n) is 16.3. The summed E-state index contributed by atoms with van der Waals surface area (Å²) in [5.41, 5.74) is 15.2. The van der Waals surface area contributed by atoms with Gasteiger partial charge >= 0.3 is 0 Å². The van der Waals surface area contributed by atoms with Gasteiger partial charge in [-0.05, 0) is 87.5 Å². The van der Waals surface area contributed by atoms with Crippen molar-refractivity contribution in [3.63, 3.8) is 0 Å². The number of fused-ring (bicyclic) bond motifs is 3. The second-order valence-corrected chi connectivity index (χ2v) is 12.1. The molecule has 5 nitrogen and oxygen atoms in total. The normalized spacial score (nSPS) is 11.3. The minimum atomic E-state index is 0.923. The minimum absolute atomic E-state index is 0.923. The molecule has 4 aromatic carbocycles. The number of pyridine rings is 4. The molecule has 0 aliphatic carbocycles. The Morgan fingerprint density at radius 2 is 0.857 bits per heavy atom. The molecular weight excluding hydrogens is 599 g/mol. The van der Waals surface area contributed by atoms with Gasteiger partial charge in [-0.3, -0.25) is 9.97 Å². The Morgan fingerprint density at radius 3 is 1.43 bits per heavy atom. The van der Waals surface area contributed by atoms with Crippen molar-refractivity contribution in [2.45, 2.75) is 0 Å². The molecule has 9 aromatic rings. The van der Waals surface area contributed by atoms with Gasteiger partial charge in [-0.15, -0.1) is 0 Å². The third kappa shape index (κ3) is 5.43. The Morgan fingerprint density at radius 1 is 0.388 bits per heavy atom. The van der Waals surface area contributed by atoms with Crippen molar-refractivity contribution in [2.24, 2.45) is 0 Å². The highest BCUT2D eigenvalue weighted by molar-refractivity contribution is 6.02. The maximum atomic E-state index is 5.20. The van der Waals surface area contributed by atoms with Crippen molar-refractivity contribution in [3.05, 3.63) is 177 Å². The fraction of sp³-hybridized carbons (Fsp3) is 0. The van der Waals surface area contributed by atoms with E-state index >= 15 is 0 Å². The summed E-state index contributed by atoms with van der Waals surface area (Å²) < 4.78 is 1.98. The van der Waals surface area contributed by atoms with Crippen LogP contribution in [-0.4, -0.2) is 24.6 Å². The molecule has 0 spiro atoms. The molecule has 0 aliphatic rings. The van der Waals surface area contributed by atoms with Crippen LogP contribution < -0.4 is 0 Å². The van der Waals surface area contributed by atoms with Gasteiger partial charge in [-0.1, -0.05) is 97.1 Å². The summed E-state index contributed by atoms with van der Waals surface area (Å²) in [4.78, 5) is 13.5. The molecule has 5 heterocycles. The van der Waals surface area contributed by atoms with Gasteiger partial charge in [0.1, 0.15) is 0 Å². The lowest BCUT2D eigenvalue weighted by Crippen LogP contribution is -1.92. The topological polar surface area (TPSA) is 56.0 Å². The summed E-state index contributed by atoms with van der Waals surface area (Å²) in [6.45, 7) is 0. The van der Waals surface area contributed by atoms with Gasteiger partial charge in [-0.25, -0.2) is 9.50 Å². The third-order valence-electron chi connectivity index (χ3n) is 9.09. The summed E-state index contributed by atoms with van der Waals surface area (Å²) in [7, 11) is 0. The van der Waals surface area contributed by atoms with E-state index in [1.165, 1.54) is 0 Å². The monoisotopic (exact) mass is 627 g/mol. The number of hydrogen-bond donors (Lipinski definition) is 0. The highest BCUT2D eigenvalue weighted by Gasteiger charge is 2.13. The summed E-state index contributed by atoms with van der Waals surface area (Å²) >= 11 is 0. The molecule has 0 aliphatic heterocycles. The molecule has 0 amide bonds. The Hall–Kier alpha value is -6.72.